The fourth-order valence-corrected chi connectivity index (χ4v) is 3.43. The second-order valence-electron chi connectivity index (χ2n) is 6.31. The van der Waals surface area contributed by atoms with Gasteiger partial charge in [-0.15, -0.1) is 0 Å². The Morgan fingerprint density at radius 2 is 1.85 bits per heavy atom. The smallest absolute Gasteiger partial charge is 0.238 e. The first-order chi connectivity index (χ1) is 12.1. The molecular formula is C18H17ClN2O4S. The van der Waals surface area contributed by atoms with E-state index in [0.29, 0.717) is 16.3 Å². The average molecular weight is 393 g/mol. The molecular weight excluding hydrogens is 376 g/mol. The summed E-state index contributed by atoms with van der Waals surface area (Å²) in [6, 6.07) is 13.1. The highest BCUT2D eigenvalue weighted by Crippen LogP contribution is 2.38. The van der Waals surface area contributed by atoms with Gasteiger partial charge in [0.15, 0.2) is 5.76 Å². The van der Waals surface area contributed by atoms with E-state index in [-0.39, 0.29) is 22.0 Å². The predicted octanol–water partition coefficient (Wildman–Crippen LogP) is 3.54. The Kier molecular flexibility index (Phi) is 4.66. The van der Waals surface area contributed by atoms with Crippen molar-refractivity contribution in [1.29, 1.82) is 0 Å². The molecule has 26 heavy (non-hydrogen) atoms. The summed E-state index contributed by atoms with van der Waals surface area (Å²) in [6.45, 7) is 3.05. The molecule has 0 atom stereocenters. The van der Waals surface area contributed by atoms with Gasteiger partial charge in [0, 0.05) is 16.1 Å². The van der Waals surface area contributed by atoms with Crippen molar-refractivity contribution in [3.8, 4) is 22.6 Å². The minimum absolute atomic E-state index is 0.0479. The minimum Gasteiger partial charge on any atom is -0.437 e. The Hall–Kier alpha value is -2.19. The van der Waals surface area contributed by atoms with E-state index >= 15 is 0 Å². The molecule has 136 valence electrons. The van der Waals surface area contributed by atoms with Gasteiger partial charge >= 0.3 is 0 Å². The summed E-state index contributed by atoms with van der Waals surface area (Å²) in [7, 11) is -3.99. The van der Waals surface area contributed by atoms with Crippen LogP contribution in [0.25, 0.3) is 22.6 Å². The molecule has 0 amide bonds. The van der Waals surface area contributed by atoms with Gasteiger partial charge in [0.05, 0.1) is 4.90 Å². The topological polar surface area (TPSA) is 106 Å². The maximum atomic E-state index is 12.0. The van der Waals surface area contributed by atoms with Crippen molar-refractivity contribution in [2.75, 3.05) is 0 Å². The molecule has 1 aromatic heterocycles. The van der Waals surface area contributed by atoms with E-state index in [2.05, 4.69) is 4.98 Å². The zero-order valence-electron chi connectivity index (χ0n) is 14.1. The lowest BCUT2D eigenvalue weighted by Crippen LogP contribution is -2.16. The van der Waals surface area contributed by atoms with E-state index in [9.17, 15) is 13.5 Å². The second-order valence-corrected chi connectivity index (χ2v) is 8.27. The number of aliphatic hydroxyl groups is 1. The van der Waals surface area contributed by atoms with Gasteiger partial charge in [-0.05, 0) is 32.0 Å². The fourth-order valence-electron chi connectivity index (χ4n) is 2.50. The summed E-state index contributed by atoms with van der Waals surface area (Å²) < 4.78 is 29.8. The van der Waals surface area contributed by atoms with E-state index in [4.69, 9.17) is 21.2 Å². The summed E-state index contributed by atoms with van der Waals surface area (Å²) in [4.78, 5) is 4.27. The first-order valence-corrected chi connectivity index (χ1v) is 9.61. The van der Waals surface area contributed by atoms with Crippen LogP contribution in [0.1, 0.15) is 19.7 Å². The number of aromatic nitrogens is 1. The average Bonchev–Trinajstić information content (AvgIpc) is 2.99. The highest BCUT2D eigenvalue weighted by Gasteiger charge is 2.29. The maximum Gasteiger partial charge on any atom is 0.238 e. The van der Waals surface area contributed by atoms with Crippen molar-refractivity contribution in [2.45, 2.75) is 24.3 Å². The van der Waals surface area contributed by atoms with Crippen molar-refractivity contribution in [3.63, 3.8) is 0 Å². The molecule has 0 aliphatic rings. The summed E-state index contributed by atoms with van der Waals surface area (Å²) in [5.74, 6) is 0.340. The molecule has 1 heterocycles. The number of rotatable bonds is 4. The number of nitrogens with zero attached hydrogens (tertiary/aromatic N) is 1. The van der Waals surface area contributed by atoms with E-state index in [0.717, 1.165) is 0 Å². The molecule has 0 radical (unpaired) electrons. The summed E-state index contributed by atoms with van der Waals surface area (Å²) in [6.07, 6.45) is 0. The molecule has 3 rings (SSSR count). The number of hydrogen-bond donors (Lipinski definition) is 2. The molecule has 6 nitrogen and oxygen atoms in total. The van der Waals surface area contributed by atoms with Crippen LogP contribution in [0, 0.1) is 0 Å². The lowest BCUT2D eigenvalue weighted by atomic mass is 10.1. The number of benzene rings is 2. The van der Waals surface area contributed by atoms with Crippen molar-refractivity contribution in [3.05, 3.63) is 59.4 Å². The number of sulfonamides is 1. The van der Waals surface area contributed by atoms with Crippen LogP contribution in [0.5, 0.6) is 0 Å². The molecule has 3 aromatic rings. The first-order valence-electron chi connectivity index (χ1n) is 7.69. The van der Waals surface area contributed by atoms with Crippen LogP contribution in [-0.2, 0) is 15.6 Å². The van der Waals surface area contributed by atoms with Gasteiger partial charge in [-0.2, -0.15) is 0 Å². The van der Waals surface area contributed by atoms with Crippen LogP contribution in [0.3, 0.4) is 0 Å². The van der Waals surface area contributed by atoms with Gasteiger partial charge in [0.1, 0.15) is 11.3 Å². The molecule has 0 fully saturated rings. The van der Waals surface area contributed by atoms with E-state index in [1.165, 1.54) is 19.9 Å². The van der Waals surface area contributed by atoms with E-state index < -0.39 is 15.6 Å². The largest absolute Gasteiger partial charge is 0.437 e. The molecule has 0 aliphatic carbocycles. The van der Waals surface area contributed by atoms with Crippen LogP contribution in [0.15, 0.2) is 57.8 Å². The molecule has 8 heteroatoms. The predicted molar refractivity (Wildman–Crippen MR) is 99.0 cm³/mol. The highest BCUT2D eigenvalue weighted by molar-refractivity contribution is 7.89. The normalized spacial score (nSPS) is 12.3. The Morgan fingerprint density at radius 3 is 2.46 bits per heavy atom. The highest BCUT2D eigenvalue weighted by atomic mass is 35.5. The third-order valence-electron chi connectivity index (χ3n) is 3.69. The number of primary sulfonamides is 1. The van der Waals surface area contributed by atoms with Gasteiger partial charge in [0.25, 0.3) is 0 Å². The second kappa shape index (κ2) is 6.51. The quantitative estimate of drug-likeness (QED) is 0.706. The first kappa shape index (κ1) is 18.6. The van der Waals surface area contributed by atoms with Crippen molar-refractivity contribution < 1.29 is 17.9 Å². The summed E-state index contributed by atoms with van der Waals surface area (Å²) in [5, 5.41) is 16.1. The van der Waals surface area contributed by atoms with Gasteiger partial charge in [-0.25, -0.2) is 18.5 Å². The Labute approximate surface area is 156 Å². The van der Waals surface area contributed by atoms with Crippen molar-refractivity contribution >= 4 is 21.6 Å². The van der Waals surface area contributed by atoms with Gasteiger partial charge < -0.3 is 9.52 Å². The zero-order valence-corrected chi connectivity index (χ0v) is 15.7. The molecule has 0 saturated carbocycles. The third-order valence-corrected chi connectivity index (χ3v) is 4.89. The van der Waals surface area contributed by atoms with E-state index in [1.54, 1.807) is 42.5 Å². The van der Waals surface area contributed by atoms with Crippen LogP contribution < -0.4 is 5.14 Å². The maximum absolute atomic E-state index is 12.0. The van der Waals surface area contributed by atoms with Crippen LogP contribution in [-0.4, -0.2) is 18.5 Å². The monoisotopic (exact) mass is 392 g/mol. The lowest BCUT2D eigenvalue weighted by Gasteiger charge is -2.11. The SMILES string of the molecule is CC(C)(O)c1nc(-c2ccccc2S(N)(=O)=O)c(-c2cccc(Cl)c2)o1. The molecule has 0 aliphatic heterocycles. The van der Waals surface area contributed by atoms with Crippen molar-refractivity contribution in [1.82, 2.24) is 4.98 Å². The third kappa shape index (κ3) is 3.66. The molecule has 2 aromatic carbocycles. The minimum atomic E-state index is -3.99. The number of nitrogens with two attached hydrogens (primary N) is 1. The Morgan fingerprint density at radius 1 is 1.15 bits per heavy atom. The standard InChI is InChI=1S/C18H17ClN2O4S/c1-18(2,22)17-21-15(13-8-3-4-9-14(13)26(20,23)24)16(25-17)11-6-5-7-12(19)10-11/h3-10,22H,1-2H3,(H2,20,23,24). The van der Waals surface area contributed by atoms with Crippen LogP contribution in [0.2, 0.25) is 5.02 Å². The Balaban J connectivity index is 2.34. The summed E-state index contributed by atoms with van der Waals surface area (Å²) in [5.41, 5.74) is -0.222. The van der Waals surface area contributed by atoms with Crippen LogP contribution >= 0.6 is 11.6 Å². The molecule has 3 N–H and O–H groups in total. The molecule has 0 spiro atoms. The lowest BCUT2D eigenvalue weighted by molar-refractivity contribution is 0.0490. The number of oxazole rings is 1. The summed E-state index contributed by atoms with van der Waals surface area (Å²) >= 11 is 6.07. The molecule has 0 saturated heterocycles. The fraction of sp³-hybridized carbons (Fsp3) is 0.167. The number of hydrogen-bond acceptors (Lipinski definition) is 5. The zero-order chi connectivity index (χ0) is 19.1. The number of halogens is 1. The molecule has 0 bridgehead atoms. The van der Waals surface area contributed by atoms with Crippen LogP contribution in [0.4, 0.5) is 0 Å². The van der Waals surface area contributed by atoms with E-state index in [1.807, 2.05) is 0 Å². The van der Waals surface area contributed by atoms with Gasteiger partial charge in [-0.1, -0.05) is 41.9 Å². The van der Waals surface area contributed by atoms with Crippen molar-refractivity contribution in [2.24, 2.45) is 5.14 Å². The van der Waals surface area contributed by atoms with Gasteiger partial charge in [0.2, 0.25) is 15.9 Å². The molecule has 0 unspecified atom stereocenters. The Bertz CT molecular complexity index is 1070. The van der Waals surface area contributed by atoms with Gasteiger partial charge in [-0.3, -0.25) is 0 Å².